The van der Waals surface area contributed by atoms with Crippen LogP contribution in [0.25, 0.3) is 0 Å². The normalized spacial score (nSPS) is 20.9. The van der Waals surface area contributed by atoms with E-state index in [1.54, 1.807) is 12.1 Å². The van der Waals surface area contributed by atoms with Crippen molar-refractivity contribution >= 4 is 23.5 Å². The highest BCUT2D eigenvalue weighted by Gasteiger charge is 2.48. The van der Waals surface area contributed by atoms with Gasteiger partial charge >= 0.3 is 5.97 Å². The van der Waals surface area contributed by atoms with E-state index in [4.69, 9.17) is 16.3 Å². The Balaban J connectivity index is 1.47. The molecule has 1 amide bonds. The molecule has 1 aliphatic heterocycles. The minimum atomic E-state index is -0.462. The van der Waals surface area contributed by atoms with Gasteiger partial charge in [-0.2, -0.15) is 0 Å². The molecule has 2 aromatic carbocycles. The number of likely N-dealkylation sites (tertiary alicyclic amines) is 1. The zero-order valence-corrected chi connectivity index (χ0v) is 16.5. The van der Waals surface area contributed by atoms with E-state index in [9.17, 15) is 9.59 Å². The minimum Gasteiger partial charge on any atom is -0.426 e. The van der Waals surface area contributed by atoms with E-state index in [1.807, 2.05) is 47.4 Å². The topological polar surface area (TPSA) is 46.6 Å². The molecule has 1 aliphatic carbocycles. The smallest absolute Gasteiger partial charge is 0.316 e. The second-order valence-electron chi connectivity index (χ2n) is 7.77. The van der Waals surface area contributed by atoms with Gasteiger partial charge in [0.15, 0.2) is 0 Å². The lowest BCUT2D eigenvalue weighted by molar-refractivity contribution is -0.147. The van der Waals surface area contributed by atoms with Gasteiger partial charge in [-0.15, -0.1) is 0 Å². The molecule has 4 rings (SSSR count). The van der Waals surface area contributed by atoms with Crippen LogP contribution < -0.4 is 4.74 Å². The second kappa shape index (κ2) is 7.96. The first-order valence-electron chi connectivity index (χ1n) is 9.91. The molecule has 0 spiro atoms. The van der Waals surface area contributed by atoms with Crippen molar-refractivity contribution in [2.24, 2.45) is 5.92 Å². The fourth-order valence-electron chi connectivity index (χ4n) is 4.27. The number of carbonyl (C=O) groups is 2. The lowest BCUT2D eigenvalue weighted by atomic mass is 9.63. The highest BCUT2D eigenvalue weighted by Crippen LogP contribution is 2.46. The number of nitrogens with zero attached hydrogens (tertiary/aromatic N) is 1. The molecule has 0 bridgehead atoms. The van der Waals surface area contributed by atoms with E-state index >= 15 is 0 Å². The van der Waals surface area contributed by atoms with E-state index in [0.717, 1.165) is 37.7 Å². The summed E-state index contributed by atoms with van der Waals surface area (Å²) in [6.45, 7) is 1.13. The monoisotopic (exact) mass is 397 g/mol. The maximum absolute atomic E-state index is 13.5. The Hall–Kier alpha value is -2.33. The maximum Gasteiger partial charge on any atom is 0.316 e. The molecule has 1 heterocycles. The maximum atomic E-state index is 13.5. The molecule has 146 valence electrons. The summed E-state index contributed by atoms with van der Waals surface area (Å²) >= 11 is 6.02. The Morgan fingerprint density at radius 3 is 2.36 bits per heavy atom. The first kappa shape index (κ1) is 19.0. The van der Waals surface area contributed by atoms with Crippen LogP contribution in [-0.2, 0) is 15.0 Å². The Kier molecular flexibility index (Phi) is 5.40. The molecule has 0 N–H and O–H groups in total. The number of benzene rings is 2. The zero-order valence-electron chi connectivity index (χ0n) is 15.8. The lowest BCUT2D eigenvalue weighted by Gasteiger charge is -2.45. The van der Waals surface area contributed by atoms with E-state index in [0.29, 0.717) is 23.9 Å². The Labute approximate surface area is 170 Å². The number of piperidine rings is 1. The van der Waals surface area contributed by atoms with Gasteiger partial charge in [0.25, 0.3) is 0 Å². The van der Waals surface area contributed by atoms with Crippen molar-refractivity contribution in [2.75, 3.05) is 13.1 Å². The molecule has 28 heavy (non-hydrogen) atoms. The van der Waals surface area contributed by atoms with Gasteiger partial charge in [-0.25, -0.2) is 0 Å². The van der Waals surface area contributed by atoms with Gasteiger partial charge in [0, 0.05) is 18.1 Å². The summed E-state index contributed by atoms with van der Waals surface area (Å²) in [6, 6.07) is 16.7. The van der Waals surface area contributed by atoms with Crippen molar-refractivity contribution in [3.05, 3.63) is 65.2 Å². The third-order valence-electron chi connectivity index (χ3n) is 6.02. The number of rotatable bonds is 4. The SMILES string of the molecule is O=C(Oc1ccccc1)[C@H]1CCCN(C(=O)C2(c3ccc(Cl)cc3)CCC2)C1. The molecule has 1 saturated carbocycles. The van der Waals surface area contributed by atoms with Crippen molar-refractivity contribution in [3.8, 4) is 5.75 Å². The zero-order chi connectivity index (χ0) is 19.6. The molecule has 0 unspecified atom stereocenters. The van der Waals surface area contributed by atoms with Crippen molar-refractivity contribution < 1.29 is 14.3 Å². The van der Waals surface area contributed by atoms with Crippen LogP contribution in [0.1, 0.15) is 37.7 Å². The largest absolute Gasteiger partial charge is 0.426 e. The predicted octanol–water partition coefficient (Wildman–Crippen LogP) is 4.61. The third kappa shape index (κ3) is 3.66. The van der Waals surface area contributed by atoms with Crippen LogP contribution in [0.4, 0.5) is 0 Å². The number of amides is 1. The summed E-state index contributed by atoms with van der Waals surface area (Å²) < 4.78 is 5.51. The molecule has 5 heteroatoms. The van der Waals surface area contributed by atoms with Gasteiger partial charge in [0.2, 0.25) is 5.91 Å². The first-order valence-corrected chi connectivity index (χ1v) is 10.3. The average molecular weight is 398 g/mol. The molecule has 0 aromatic heterocycles. The molecule has 2 aliphatic rings. The number of ether oxygens (including phenoxy) is 1. The van der Waals surface area contributed by atoms with Crippen LogP contribution in [0.15, 0.2) is 54.6 Å². The highest BCUT2D eigenvalue weighted by molar-refractivity contribution is 6.30. The Morgan fingerprint density at radius 2 is 1.71 bits per heavy atom. The molecular weight excluding hydrogens is 374 g/mol. The van der Waals surface area contributed by atoms with Gasteiger partial charge in [-0.1, -0.05) is 48.4 Å². The number of para-hydroxylation sites is 1. The predicted molar refractivity (Wildman–Crippen MR) is 108 cm³/mol. The third-order valence-corrected chi connectivity index (χ3v) is 6.27. The Bertz CT molecular complexity index is 846. The number of carbonyl (C=O) groups excluding carboxylic acids is 2. The van der Waals surface area contributed by atoms with Crippen LogP contribution in [0.2, 0.25) is 5.02 Å². The molecule has 2 fully saturated rings. The van der Waals surface area contributed by atoms with Crippen molar-refractivity contribution in [1.82, 2.24) is 4.90 Å². The minimum absolute atomic E-state index is 0.137. The van der Waals surface area contributed by atoms with Gasteiger partial charge < -0.3 is 9.64 Å². The summed E-state index contributed by atoms with van der Waals surface area (Å²) in [7, 11) is 0. The number of hydrogen-bond acceptors (Lipinski definition) is 3. The number of hydrogen-bond donors (Lipinski definition) is 0. The summed E-state index contributed by atoms with van der Waals surface area (Å²) in [5.41, 5.74) is 0.567. The summed E-state index contributed by atoms with van der Waals surface area (Å²) in [4.78, 5) is 27.9. The van der Waals surface area contributed by atoms with E-state index in [2.05, 4.69) is 0 Å². The number of esters is 1. The Morgan fingerprint density at radius 1 is 1.00 bits per heavy atom. The fraction of sp³-hybridized carbons (Fsp3) is 0.391. The van der Waals surface area contributed by atoms with Gasteiger partial charge in [0.05, 0.1) is 11.3 Å². The standard InChI is InChI=1S/C23H24ClNO3/c24-19-11-9-18(10-12-19)23(13-5-14-23)22(27)25-15-4-6-17(16-25)21(26)28-20-7-2-1-3-8-20/h1-3,7-12,17H,4-6,13-16H2/t17-/m0/s1. The van der Waals surface area contributed by atoms with Crippen LogP contribution in [0.3, 0.4) is 0 Å². The quantitative estimate of drug-likeness (QED) is 0.559. The summed E-state index contributed by atoms with van der Waals surface area (Å²) in [6.07, 6.45) is 4.31. The molecule has 1 atom stereocenters. The average Bonchev–Trinajstić information content (AvgIpc) is 2.69. The first-order chi connectivity index (χ1) is 13.6. The van der Waals surface area contributed by atoms with Crippen molar-refractivity contribution in [3.63, 3.8) is 0 Å². The van der Waals surface area contributed by atoms with E-state index in [-0.39, 0.29) is 17.8 Å². The second-order valence-corrected chi connectivity index (χ2v) is 8.20. The lowest BCUT2D eigenvalue weighted by Crippen LogP contribution is -2.54. The van der Waals surface area contributed by atoms with E-state index in [1.165, 1.54) is 0 Å². The molecule has 4 nitrogen and oxygen atoms in total. The summed E-state index contributed by atoms with van der Waals surface area (Å²) in [5.74, 6) is 0.156. The number of halogens is 1. The van der Waals surface area contributed by atoms with Gasteiger partial charge in [0.1, 0.15) is 5.75 Å². The van der Waals surface area contributed by atoms with Crippen LogP contribution in [0.5, 0.6) is 5.75 Å². The molecular formula is C23H24ClNO3. The highest BCUT2D eigenvalue weighted by atomic mass is 35.5. The van der Waals surface area contributed by atoms with Gasteiger partial charge in [-0.3, -0.25) is 9.59 Å². The van der Waals surface area contributed by atoms with Crippen molar-refractivity contribution in [1.29, 1.82) is 0 Å². The summed E-state index contributed by atoms with van der Waals surface area (Å²) in [5, 5.41) is 0.673. The van der Waals surface area contributed by atoms with E-state index < -0.39 is 5.41 Å². The fourth-order valence-corrected chi connectivity index (χ4v) is 4.40. The van der Waals surface area contributed by atoms with Crippen molar-refractivity contribution in [2.45, 2.75) is 37.5 Å². The van der Waals surface area contributed by atoms with Gasteiger partial charge in [-0.05, 0) is 55.5 Å². The molecule has 2 aromatic rings. The van der Waals surface area contributed by atoms with Crippen LogP contribution in [-0.4, -0.2) is 29.9 Å². The molecule has 0 radical (unpaired) electrons. The van der Waals surface area contributed by atoms with Crippen LogP contribution >= 0.6 is 11.6 Å². The van der Waals surface area contributed by atoms with Crippen LogP contribution in [0, 0.1) is 5.92 Å². The molecule has 1 saturated heterocycles.